The first kappa shape index (κ1) is 19.3. The molecule has 5 aromatic rings. The molecule has 0 radical (unpaired) electrons. The van der Waals surface area contributed by atoms with E-state index >= 15 is 0 Å². The predicted molar refractivity (Wildman–Crippen MR) is 144 cm³/mol. The molecule has 0 amide bonds. The van der Waals surface area contributed by atoms with E-state index in [1.165, 1.54) is 54.9 Å². The fourth-order valence-corrected chi connectivity index (χ4v) is 5.98. The van der Waals surface area contributed by atoms with E-state index in [9.17, 15) is 0 Å². The second-order valence-corrected chi connectivity index (χ2v) is 9.30. The Morgan fingerprint density at radius 1 is 0.559 bits per heavy atom. The van der Waals surface area contributed by atoms with Gasteiger partial charge in [0.1, 0.15) is 0 Å². The first-order valence-electron chi connectivity index (χ1n) is 12.0. The van der Waals surface area contributed by atoms with E-state index in [1.54, 1.807) is 0 Å². The van der Waals surface area contributed by atoms with Crippen molar-refractivity contribution < 1.29 is 0 Å². The fraction of sp³-hybridized carbons (Fsp3) is 0.0588. The molecule has 0 heterocycles. The van der Waals surface area contributed by atoms with E-state index in [2.05, 4.69) is 133 Å². The normalized spacial score (nSPS) is 18.8. The van der Waals surface area contributed by atoms with Crippen LogP contribution in [-0.4, -0.2) is 0 Å². The quantitative estimate of drug-likeness (QED) is 0.245. The van der Waals surface area contributed by atoms with Crippen LogP contribution in [0.3, 0.4) is 0 Å². The van der Waals surface area contributed by atoms with Gasteiger partial charge >= 0.3 is 0 Å². The molecule has 0 heteroatoms. The lowest BCUT2D eigenvalue weighted by atomic mass is 9.66. The van der Waals surface area contributed by atoms with Crippen molar-refractivity contribution in [2.45, 2.75) is 5.92 Å². The van der Waals surface area contributed by atoms with Gasteiger partial charge in [0.15, 0.2) is 0 Å². The predicted octanol–water partition coefficient (Wildman–Crippen LogP) is 8.68. The lowest BCUT2D eigenvalue weighted by Crippen LogP contribution is -2.22. The van der Waals surface area contributed by atoms with Crippen LogP contribution in [0.2, 0.25) is 0 Å². The Morgan fingerprint density at radius 2 is 1.32 bits per heavy atom. The summed E-state index contributed by atoms with van der Waals surface area (Å²) < 4.78 is 0. The molecule has 0 fully saturated rings. The average Bonchev–Trinajstić information content (AvgIpc) is 2.91. The van der Waals surface area contributed by atoms with Crippen molar-refractivity contribution in [2.24, 2.45) is 5.92 Å². The van der Waals surface area contributed by atoms with Gasteiger partial charge in [-0.25, -0.2) is 0 Å². The highest BCUT2D eigenvalue weighted by Gasteiger charge is 2.35. The van der Waals surface area contributed by atoms with Gasteiger partial charge in [-0.05, 0) is 54.9 Å². The van der Waals surface area contributed by atoms with Crippen LogP contribution in [0.15, 0.2) is 139 Å². The monoisotopic (exact) mass is 432 g/mol. The number of benzene rings is 5. The van der Waals surface area contributed by atoms with Crippen molar-refractivity contribution >= 4 is 27.1 Å². The van der Waals surface area contributed by atoms with Crippen molar-refractivity contribution in [3.63, 3.8) is 0 Å². The zero-order valence-corrected chi connectivity index (χ0v) is 18.9. The Bertz CT molecular complexity index is 1650. The molecule has 2 aliphatic rings. The lowest BCUT2D eigenvalue weighted by Gasteiger charge is -2.37. The van der Waals surface area contributed by atoms with Gasteiger partial charge in [0.2, 0.25) is 0 Å². The molecule has 0 saturated heterocycles. The van der Waals surface area contributed by atoms with Crippen molar-refractivity contribution in [3.8, 4) is 0 Å². The van der Waals surface area contributed by atoms with Gasteiger partial charge in [0, 0.05) is 11.8 Å². The summed E-state index contributed by atoms with van der Waals surface area (Å²) in [6.07, 6.45) is 9.12. The molecular formula is C34H24. The number of allylic oxidation sites excluding steroid dienone is 5. The molecule has 34 heavy (non-hydrogen) atoms. The third-order valence-electron chi connectivity index (χ3n) is 7.47. The van der Waals surface area contributed by atoms with Gasteiger partial charge in [-0.1, -0.05) is 133 Å². The van der Waals surface area contributed by atoms with Crippen molar-refractivity contribution in [1.29, 1.82) is 0 Å². The molecule has 2 unspecified atom stereocenters. The summed E-state index contributed by atoms with van der Waals surface area (Å²) >= 11 is 0. The number of hydrogen-bond donors (Lipinski definition) is 0. The summed E-state index contributed by atoms with van der Waals surface area (Å²) in [5.41, 5.74) is 8.21. The highest BCUT2D eigenvalue weighted by molar-refractivity contribution is 6.07. The maximum atomic E-state index is 2.42. The SMILES string of the molecule is C1=CC2=C(c3ccccc3)c3ccccc3C(c3ccc4c(ccc5ccccc54)c3)C2C=C1. The van der Waals surface area contributed by atoms with Crippen LogP contribution in [0.5, 0.6) is 0 Å². The zero-order valence-electron chi connectivity index (χ0n) is 18.9. The third-order valence-corrected chi connectivity index (χ3v) is 7.47. The van der Waals surface area contributed by atoms with E-state index in [0.29, 0.717) is 5.92 Å². The standard InChI is InChI=1S/C34H24/c1-2-11-24(12-3-1)33-29-14-6-8-16-31(29)34(32-17-9-7-15-30(32)33)26-20-21-28-25(22-26)19-18-23-10-4-5-13-27(23)28/h1-22,31,34H. The summed E-state index contributed by atoms with van der Waals surface area (Å²) in [6.45, 7) is 0. The van der Waals surface area contributed by atoms with Crippen LogP contribution in [0, 0.1) is 5.92 Å². The topological polar surface area (TPSA) is 0 Å². The van der Waals surface area contributed by atoms with Crippen LogP contribution in [0.25, 0.3) is 27.1 Å². The van der Waals surface area contributed by atoms with Gasteiger partial charge in [-0.3, -0.25) is 0 Å². The van der Waals surface area contributed by atoms with Gasteiger partial charge in [0.25, 0.3) is 0 Å². The maximum Gasteiger partial charge on any atom is 0.0199 e. The van der Waals surface area contributed by atoms with Gasteiger partial charge in [0.05, 0.1) is 0 Å². The second-order valence-electron chi connectivity index (χ2n) is 9.30. The van der Waals surface area contributed by atoms with Gasteiger partial charge in [-0.15, -0.1) is 0 Å². The van der Waals surface area contributed by atoms with E-state index in [4.69, 9.17) is 0 Å². The smallest absolute Gasteiger partial charge is 0.0199 e. The van der Waals surface area contributed by atoms with Gasteiger partial charge < -0.3 is 0 Å². The third kappa shape index (κ3) is 2.92. The molecule has 7 rings (SSSR count). The zero-order chi connectivity index (χ0) is 22.5. The molecule has 0 saturated carbocycles. The second kappa shape index (κ2) is 7.71. The maximum absolute atomic E-state index is 2.42. The summed E-state index contributed by atoms with van der Waals surface area (Å²) in [6, 6.07) is 40.2. The van der Waals surface area contributed by atoms with Gasteiger partial charge in [-0.2, -0.15) is 0 Å². The lowest BCUT2D eigenvalue weighted by molar-refractivity contribution is 0.649. The van der Waals surface area contributed by atoms with Crippen molar-refractivity contribution in [3.05, 3.63) is 161 Å². The minimum Gasteiger partial charge on any atom is -0.0760 e. The first-order chi connectivity index (χ1) is 16.9. The minimum atomic E-state index is 0.288. The van der Waals surface area contributed by atoms with E-state index in [0.717, 1.165) is 0 Å². The Kier molecular flexibility index (Phi) is 4.38. The molecule has 2 atom stereocenters. The molecule has 0 bridgehead atoms. The van der Waals surface area contributed by atoms with E-state index in [1.807, 2.05) is 0 Å². The van der Waals surface area contributed by atoms with E-state index < -0.39 is 0 Å². The Balaban J connectivity index is 1.46. The first-order valence-corrected chi connectivity index (χ1v) is 12.0. The number of rotatable bonds is 2. The summed E-state index contributed by atoms with van der Waals surface area (Å²) in [5, 5.41) is 5.25. The van der Waals surface area contributed by atoms with Crippen molar-refractivity contribution in [1.82, 2.24) is 0 Å². The molecule has 0 spiro atoms. The van der Waals surface area contributed by atoms with Crippen molar-refractivity contribution in [2.75, 3.05) is 0 Å². The van der Waals surface area contributed by atoms with E-state index in [-0.39, 0.29) is 5.92 Å². The number of fused-ring (bicyclic) bond motifs is 5. The highest BCUT2D eigenvalue weighted by atomic mass is 14.4. The van der Waals surface area contributed by atoms with Crippen LogP contribution >= 0.6 is 0 Å². The van der Waals surface area contributed by atoms with Crippen LogP contribution in [-0.2, 0) is 0 Å². The molecule has 0 nitrogen and oxygen atoms in total. The molecule has 0 N–H and O–H groups in total. The summed E-state index contributed by atoms with van der Waals surface area (Å²) in [4.78, 5) is 0. The number of hydrogen-bond acceptors (Lipinski definition) is 0. The summed E-state index contributed by atoms with van der Waals surface area (Å²) in [7, 11) is 0. The average molecular weight is 433 g/mol. The Labute approximate surface area is 200 Å². The molecule has 0 aliphatic heterocycles. The van der Waals surface area contributed by atoms with Crippen LogP contribution in [0.1, 0.15) is 28.2 Å². The molecule has 160 valence electrons. The molecule has 0 aromatic heterocycles. The Morgan fingerprint density at radius 3 is 2.26 bits per heavy atom. The Hall–Kier alpha value is -4.16. The molecular weight excluding hydrogens is 408 g/mol. The molecule has 5 aromatic carbocycles. The van der Waals surface area contributed by atoms with Crippen LogP contribution < -0.4 is 0 Å². The largest absolute Gasteiger partial charge is 0.0760 e. The highest BCUT2D eigenvalue weighted by Crippen LogP contribution is 2.50. The summed E-state index contributed by atoms with van der Waals surface area (Å²) in [5.74, 6) is 0.601. The minimum absolute atomic E-state index is 0.288. The fourth-order valence-electron chi connectivity index (χ4n) is 5.98. The van der Waals surface area contributed by atoms with Crippen LogP contribution in [0.4, 0.5) is 0 Å². The molecule has 2 aliphatic carbocycles.